The van der Waals surface area contributed by atoms with E-state index >= 15 is 0 Å². The van der Waals surface area contributed by atoms with Crippen molar-refractivity contribution in [2.75, 3.05) is 30.0 Å². The van der Waals surface area contributed by atoms with Gasteiger partial charge in [-0.3, -0.25) is 4.79 Å². The van der Waals surface area contributed by atoms with Gasteiger partial charge in [0.25, 0.3) is 0 Å². The van der Waals surface area contributed by atoms with Crippen molar-refractivity contribution in [2.24, 2.45) is 5.16 Å². The average molecular weight is 551 g/mol. The van der Waals surface area contributed by atoms with Crippen molar-refractivity contribution < 1.29 is 24.3 Å². The molecule has 0 bridgehead atoms. The number of nitrogens with zero attached hydrogens (tertiary/aromatic N) is 2. The molecule has 0 unspecified atom stereocenters. The highest BCUT2D eigenvalue weighted by atomic mass is 79.9. The summed E-state index contributed by atoms with van der Waals surface area (Å²) in [5.41, 5.74) is 1.41. The van der Waals surface area contributed by atoms with Gasteiger partial charge in [0, 0.05) is 24.3 Å². The number of hydrogen-bond donors (Lipinski definition) is 3. The first kappa shape index (κ1) is 24.5. The maximum Gasteiger partial charge on any atom is 0.414 e. The lowest BCUT2D eigenvalue weighted by Crippen LogP contribution is -2.55. The van der Waals surface area contributed by atoms with Gasteiger partial charge in [-0.25, -0.2) is 4.79 Å². The average Bonchev–Trinajstić information content (AvgIpc) is 3.37. The summed E-state index contributed by atoms with van der Waals surface area (Å²) >= 11 is 4.64. The summed E-state index contributed by atoms with van der Waals surface area (Å²) in [6.07, 6.45) is 2.65. The zero-order chi connectivity index (χ0) is 24.1. The van der Waals surface area contributed by atoms with Crippen LogP contribution in [0.2, 0.25) is 0 Å². The Bertz CT molecular complexity index is 1080. The molecule has 0 radical (unpaired) electrons. The highest BCUT2D eigenvalue weighted by molar-refractivity contribution is 9.11. The molecule has 34 heavy (non-hydrogen) atoms. The fourth-order valence-corrected chi connectivity index (χ4v) is 5.58. The topological polar surface area (TPSA) is 112 Å². The number of halogens is 1. The van der Waals surface area contributed by atoms with Crippen molar-refractivity contribution in [3.63, 3.8) is 0 Å². The van der Waals surface area contributed by atoms with E-state index in [9.17, 15) is 14.8 Å². The lowest BCUT2D eigenvalue weighted by Gasteiger charge is -2.29. The summed E-state index contributed by atoms with van der Waals surface area (Å²) in [5, 5.41) is 19.1. The normalized spacial score (nSPS) is 19.0. The Kier molecular flexibility index (Phi) is 7.74. The van der Waals surface area contributed by atoms with Crippen molar-refractivity contribution in [1.29, 1.82) is 0 Å². The third-order valence-electron chi connectivity index (χ3n) is 6.08. The highest BCUT2D eigenvalue weighted by Gasteiger charge is 2.43. The maximum absolute atomic E-state index is 13.3. The van der Waals surface area contributed by atoms with E-state index in [-0.39, 0.29) is 5.91 Å². The molecule has 1 aliphatic heterocycles. The summed E-state index contributed by atoms with van der Waals surface area (Å²) in [6.45, 7) is 3.54. The van der Waals surface area contributed by atoms with E-state index in [0.717, 1.165) is 27.9 Å². The van der Waals surface area contributed by atoms with E-state index in [1.54, 1.807) is 12.1 Å². The quantitative estimate of drug-likeness (QED) is 0.361. The van der Waals surface area contributed by atoms with Crippen molar-refractivity contribution in [1.82, 2.24) is 5.32 Å². The number of carbonyl (C=O) groups excluding carboxylic acids is 2. The second-order valence-electron chi connectivity index (χ2n) is 8.35. The summed E-state index contributed by atoms with van der Waals surface area (Å²) < 4.78 is 11.7. The van der Waals surface area contributed by atoms with Crippen LogP contribution in [0.5, 0.6) is 5.06 Å². The van der Waals surface area contributed by atoms with E-state index in [4.69, 9.17) is 9.47 Å². The molecule has 3 N–H and O–H groups in total. The summed E-state index contributed by atoms with van der Waals surface area (Å²) in [4.78, 5) is 27.8. The Hall–Kier alpha value is -2.63. The molecule has 182 valence electrons. The Labute approximate surface area is 210 Å². The number of amides is 2. The fourth-order valence-electron chi connectivity index (χ4n) is 4.39. The molecule has 9 nitrogen and oxygen atoms in total. The van der Waals surface area contributed by atoms with E-state index in [1.807, 2.05) is 30.0 Å². The van der Waals surface area contributed by atoms with Gasteiger partial charge < -0.3 is 30.2 Å². The van der Waals surface area contributed by atoms with Gasteiger partial charge in [0.15, 0.2) is 10.9 Å². The fraction of sp³-hybridized carbons (Fsp3) is 0.435. The van der Waals surface area contributed by atoms with Crippen molar-refractivity contribution in [3.8, 4) is 5.06 Å². The molecular formula is C23H27BrN4O5S. The molecule has 1 aromatic carbocycles. The molecule has 2 heterocycles. The first-order chi connectivity index (χ1) is 16.4. The largest absolute Gasteiger partial charge is 0.414 e. The lowest BCUT2D eigenvalue weighted by molar-refractivity contribution is -0.122. The molecule has 4 rings (SSSR count). The van der Waals surface area contributed by atoms with Gasteiger partial charge in [-0.15, -0.1) is 0 Å². The number of benzene rings is 1. The van der Waals surface area contributed by atoms with Crippen LogP contribution in [0.4, 0.5) is 16.2 Å². The molecule has 1 aromatic heterocycles. The van der Waals surface area contributed by atoms with Crippen LogP contribution in [0.15, 0.2) is 39.3 Å². The van der Waals surface area contributed by atoms with E-state index in [0.29, 0.717) is 55.6 Å². The molecule has 1 saturated heterocycles. The minimum atomic E-state index is -1.02. The van der Waals surface area contributed by atoms with Crippen LogP contribution < -0.4 is 20.3 Å². The van der Waals surface area contributed by atoms with Crippen LogP contribution in [0, 0.1) is 6.92 Å². The van der Waals surface area contributed by atoms with Gasteiger partial charge >= 0.3 is 6.09 Å². The molecule has 11 heteroatoms. The van der Waals surface area contributed by atoms with Crippen molar-refractivity contribution in [2.45, 2.75) is 44.6 Å². The first-order valence-electron chi connectivity index (χ1n) is 11.1. The van der Waals surface area contributed by atoms with Crippen LogP contribution in [0.1, 0.15) is 37.7 Å². The van der Waals surface area contributed by atoms with Gasteiger partial charge in [0.1, 0.15) is 5.54 Å². The van der Waals surface area contributed by atoms with Gasteiger partial charge in [0.2, 0.25) is 5.91 Å². The zero-order valence-corrected chi connectivity index (χ0v) is 21.2. The third-order valence-corrected chi connectivity index (χ3v) is 7.58. The Balaban J connectivity index is 1.46. The molecule has 0 spiro atoms. The predicted octanol–water partition coefficient (Wildman–Crippen LogP) is 4.87. The SMILES string of the molecule is Cc1cc(NC(=O)C2(NC(=O)Oc3ccc(Br)s3)CCCC2)ccc1N1CCOCCC1=NO. The van der Waals surface area contributed by atoms with Gasteiger partial charge in [0.05, 0.1) is 17.0 Å². The Morgan fingerprint density at radius 1 is 1.24 bits per heavy atom. The van der Waals surface area contributed by atoms with Crippen LogP contribution in [0.3, 0.4) is 0 Å². The van der Waals surface area contributed by atoms with Crippen molar-refractivity contribution in [3.05, 3.63) is 39.7 Å². The Morgan fingerprint density at radius 2 is 2.03 bits per heavy atom. The van der Waals surface area contributed by atoms with Crippen LogP contribution in [-0.2, 0) is 9.53 Å². The molecule has 1 saturated carbocycles. The van der Waals surface area contributed by atoms with E-state index in [1.165, 1.54) is 11.3 Å². The number of thiophene rings is 1. The van der Waals surface area contributed by atoms with Crippen LogP contribution in [-0.4, -0.2) is 48.3 Å². The smallest absolute Gasteiger partial charge is 0.409 e. The second kappa shape index (κ2) is 10.7. The minimum absolute atomic E-state index is 0.262. The van der Waals surface area contributed by atoms with Gasteiger partial charge in [-0.2, -0.15) is 0 Å². The highest BCUT2D eigenvalue weighted by Crippen LogP contribution is 2.33. The number of oxime groups is 1. The second-order valence-corrected chi connectivity index (χ2v) is 10.8. The number of ether oxygens (including phenoxy) is 2. The van der Waals surface area contributed by atoms with Gasteiger partial charge in [-0.05, 0) is 71.6 Å². The molecule has 0 atom stereocenters. The molecule has 2 aliphatic rings. The maximum atomic E-state index is 13.3. The number of hydrogen-bond acceptors (Lipinski definition) is 7. The zero-order valence-electron chi connectivity index (χ0n) is 18.8. The first-order valence-corrected chi connectivity index (χ1v) is 12.7. The predicted molar refractivity (Wildman–Crippen MR) is 134 cm³/mol. The van der Waals surface area contributed by atoms with Crippen LogP contribution in [0.25, 0.3) is 0 Å². The number of carbonyl (C=O) groups is 2. The van der Waals surface area contributed by atoms with Gasteiger partial charge in [-0.1, -0.05) is 29.3 Å². The molecule has 2 aromatic rings. The number of rotatable bonds is 5. The summed E-state index contributed by atoms with van der Waals surface area (Å²) in [7, 11) is 0. The number of amidine groups is 1. The molecule has 2 amide bonds. The van der Waals surface area contributed by atoms with E-state index < -0.39 is 11.6 Å². The molecular weight excluding hydrogens is 524 g/mol. The number of anilines is 2. The number of aryl methyl sites for hydroxylation is 1. The van der Waals surface area contributed by atoms with Crippen LogP contribution >= 0.6 is 27.3 Å². The number of nitrogens with one attached hydrogen (secondary N) is 2. The van der Waals surface area contributed by atoms with E-state index in [2.05, 4.69) is 31.7 Å². The summed E-state index contributed by atoms with van der Waals surface area (Å²) in [6, 6.07) is 9.07. The lowest BCUT2D eigenvalue weighted by atomic mass is 9.96. The molecule has 1 aliphatic carbocycles. The standard InChI is InChI=1S/C23H27BrN4O5S/c1-15-14-16(4-5-17(15)28-11-13-32-12-8-19(28)27-31)25-21(29)23(9-2-3-10-23)26-22(30)33-20-7-6-18(24)34-20/h4-7,14,31H,2-3,8-13H2,1H3,(H,25,29)(H,26,30). The monoisotopic (exact) mass is 550 g/mol. The minimum Gasteiger partial charge on any atom is -0.409 e. The molecule has 2 fully saturated rings. The summed E-state index contributed by atoms with van der Waals surface area (Å²) in [5.74, 6) is 0.282. The van der Waals surface area contributed by atoms with Crippen molar-refractivity contribution >= 4 is 56.5 Å². The third kappa shape index (κ3) is 5.53. The Morgan fingerprint density at radius 3 is 2.71 bits per heavy atom.